The van der Waals surface area contributed by atoms with Gasteiger partial charge in [0.1, 0.15) is 10.8 Å². The minimum atomic E-state index is -0.410. The van der Waals surface area contributed by atoms with Crippen molar-refractivity contribution >= 4 is 39.0 Å². The fourth-order valence-corrected chi connectivity index (χ4v) is 5.23. The molecule has 0 atom stereocenters. The molecule has 3 aromatic rings. The number of nitrogens with one attached hydrogen (secondary N) is 1. The number of amides is 1. The second-order valence-corrected chi connectivity index (χ2v) is 8.68. The van der Waals surface area contributed by atoms with Crippen LogP contribution in [0, 0.1) is 0 Å². The molecule has 0 bridgehead atoms. The summed E-state index contributed by atoms with van der Waals surface area (Å²) in [7, 11) is 1.37. The SMILES string of the molecule is CCCN1CCc2c(sc(NC(=O)COc3ccc4ccccc4c3)c2C(=O)OC)C1. The zero-order valence-corrected chi connectivity index (χ0v) is 18.6. The molecule has 0 saturated heterocycles. The van der Waals surface area contributed by atoms with Crippen molar-refractivity contribution in [3.63, 3.8) is 0 Å². The molecule has 0 radical (unpaired) electrons. The lowest BCUT2D eigenvalue weighted by atomic mass is 10.0. The molecule has 0 aliphatic carbocycles. The van der Waals surface area contributed by atoms with E-state index in [4.69, 9.17) is 9.47 Å². The highest BCUT2D eigenvalue weighted by Crippen LogP contribution is 2.37. The predicted octanol–water partition coefficient (Wildman–Crippen LogP) is 4.47. The minimum Gasteiger partial charge on any atom is -0.484 e. The van der Waals surface area contributed by atoms with E-state index in [-0.39, 0.29) is 12.5 Å². The van der Waals surface area contributed by atoms with Crippen LogP contribution < -0.4 is 10.1 Å². The van der Waals surface area contributed by atoms with Crippen molar-refractivity contribution in [1.29, 1.82) is 0 Å². The van der Waals surface area contributed by atoms with Crippen molar-refractivity contribution in [2.75, 3.05) is 32.1 Å². The van der Waals surface area contributed by atoms with Gasteiger partial charge in [0.05, 0.1) is 12.7 Å². The quantitative estimate of drug-likeness (QED) is 0.551. The zero-order chi connectivity index (χ0) is 21.8. The molecule has 0 spiro atoms. The summed E-state index contributed by atoms with van der Waals surface area (Å²) in [5, 5.41) is 5.58. The molecule has 31 heavy (non-hydrogen) atoms. The molecule has 1 N–H and O–H groups in total. The third-order valence-electron chi connectivity index (χ3n) is 5.41. The van der Waals surface area contributed by atoms with Crippen molar-refractivity contribution < 1.29 is 19.1 Å². The number of ether oxygens (including phenoxy) is 2. The Morgan fingerprint density at radius 1 is 1.16 bits per heavy atom. The molecule has 6 nitrogen and oxygen atoms in total. The number of hydrogen-bond donors (Lipinski definition) is 1. The lowest BCUT2D eigenvalue weighted by Crippen LogP contribution is -2.30. The summed E-state index contributed by atoms with van der Waals surface area (Å²) >= 11 is 1.46. The molecule has 1 aromatic heterocycles. The van der Waals surface area contributed by atoms with Crippen LogP contribution in [0.25, 0.3) is 10.8 Å². The van der Waals surface area contributed by atoms with E-state index in [0.29, 0.717) is 16.3 Å². The molecule has 7 heteroatoms. The van der Waals surface area contributed by atoms with Crippen molar-refractivity contribution in [1.82, 2.24) is 4.90 Å². The van der Waals surface area contributed by atoms with E-state index in [2.05, 4.69) is 17.1 Å². The van der Waals surface area contributed by atoms with Gasteiger partial charge in [-0.15, -0.1) is 11.3 Å². The third kappa shape index (κ3) is 4.73. The first-order valence-electron chi connectivity index (χ1n) is 10.5. The molecule has 2 aromatic carbocycles. The number of thiophene rings is 1. The summed E-state index contributed by atoms with van der Waals surface area (Å²) < 4.78 is 10.7. The number of esters is 1. The molecular formula is C24H26N2O4S. The normalized spacial score (nSPS) is 13.6. The first-order chi connectivity index (χ1) is 15.1. The van der Waals surface area contributed by atoms with Crippen LogP contribution in [0.3, 0.4) is 0 Å². The van der Waals surface area contributed by atoms with E-state index in [1.165, 1.54) is 18.4 Å². The first-order valence-corrected chi connectivity index (χ1v) is 11.3. The number of methoxy groups -OCH3 is 1. The maximum Gasteiger partial charge on any atom is 0.341 e. The van der Waals surface area contributed by atoms with Crippen molar-refractivity contribution in [3.8, 4) is 5.75 Å². The fourth-order valence-electron chi connectivity index (χ4n) is 3.94. The van der Waals surface area contributed by atoms with E-state index in [0.717, 1.165) is 53.7 Å². The number of benzene rings is 2. The number of carbonyl (C=O) groups is 2. The molecule has 0 unspecified atom stereocenters. The molecule has 0 fully saturated rings. The molecule has 2 heterocycles. The van der Waals surface area contributed by atoms with Crippen LogP contribution in [-0.2, 0) is 22.5 Å². The summed E-state index contributed by atoms with van der Waals surface area (Å²) in [6, 6.07) is 13.7. The van der Waals surface area contributed by atoms with E-state index in [1.54, 1.807) is 0 Å². The van der Waals surface area contributed by atoms with Crippen molar-refractivity contribution in [2.24, 2.45) is 0 Å². The second kappa shape index (κ2) is 9.49. The smallest absolute Gasteiger partial charge is 0.341 e. The monoisotopic (exact) mass is 438 g/mol. The van der Waals surface area contributed by atoms with Crippen LogP contribution in [0.15, 0.2) is 42.5 Å². The van der Waals surface area contributed by atoms with E-state index in [9.17, 15) is 9.59 Å². The zero-order valence-electron chi connectivity index (χ0n) is 17.8. The maximum atomic E-state index is 12.6. The number of anilines is 1. The van der Waals surface area contributed by atoms with Crippen LogP contribution in [-0.4, -0.2) is 43.6 Å². The molecule has 1 aliphatic rings. The topological polar surface area (TPSA) is 67.9 Å². The van der Waals surface area contributed by atoms with Crippen LogP contribution in [0.5, 0.6) is 5.75 Å². The largest absolute Gasteiger partial charge is 0.484 e. The average molecular weight is 439 g/mol. The van der Waals surface area contributed by atoms with E-state index in [1.807, 2.05) is 42.5 Å². The Kier molecular flexibility index (Phi) is 6.53. The van der Waals surface area contributed by atoms with Gasteiger partial charge in [-0.3, -0.25) is 9.69 Å². The van der Waals surface area contributed by atoms with Crippen LogP contribution in [0.4, 0.5) is 5.00 Å². The molecule has 1 amide bonds. The number of hydrogen-bond acceptors (Lipinski definition) is 6. The van der Waals surface area contributed by atoms with Crippen molar-refractivity contribution in [2.45, 2.75) is 26.3 Å². The highest BCUT2D eigenvalue weighted by Gasteiger charge is 2.29. The van der Waals surface area contributed by atoms with Gasteiger partial charge in [-0.25, -0.2) is 4.79 Å². The average Bonchev–Trinajstić information content (AvgIpc) is 3.14. The van der Waals surface area contributed by atoms with Gasteiger partial charge in [0.15, 0.2) is 6.61 Å². The third-order valence-corrected chi connectivity index (χ3v) is 6.54. The van der Waals surface area contributed by atoms with Crippen LogP contribution >= 0.6 is 11.3 Å². The summed E-state index contributed by atoms with van der Waals surface area (Å²) in [6.45, 7) is 4.74. The van der Waals surface area contributed by atoms with Gasteiger partial charge in [-0.1, -0.05) is 37.3 Å². The fraction of sp³-hybridized carbons (Fsp3) is 0.333. The van der Waals surface area contributed by atoms with E-state index >= 15 is 0 Å². The summed E-state index contributed by atoms with van der Waals surface area (Å²) in [5.74, 6) is -0.0859. The predicted molar refractivity (Wildman–Crippen MR) is 123 cm³/mol. The molecule has 0 saturated carbocycles. The highest BCUT2D eigenvalue weighted by atomic mass is 32.1. The summed E-state index contributed by atoms with van der Waals surface area (Å²) in [4.78, 5) is 28.5. The van der Waals surface area contributed by atoms with Crippen molar-refractivity contribution in [3.05, 3.63) is 58.5 Å². The summed E-state index contributed by atoms with van der Waals surface area (Å²) in [6.07, 6.45) is 1.86. The Morgan fingerprint density at radius 3 is 2.74 bits per heavy atom. The lowest BCUT2D eigenvalue weighted by molar-refractivity contribution is -0.118. The molecular weight excluding hydrogens is 412 g/mol. The molecule has 162 valence electrons. The molecule has 4 rings (SSSR count). The number of fused-ring (bicyclic) bond motifs is 2. The Morgan fingerprint density at radius 2 is 1.97 bits per heavy atom. The van der Waals surface area contributed by atoms with E-state index < -0.39 is 5.97 Å². The Labute approximate surface area is 185 Å². The van der Waals surface area contributed by atoms with Gasteiger partial charge >= 0.3 is 5.97 Å². The Hall–Kier alpha value is -2.90. The van der Waals surface area contributed by atoms with Gasteiger partial charge in [-0.2, -0.15) is 0 Å². The van der Waals surface area contributed by atoms with Gasteiger partial charge in [0.25, 0.3) is 5.91 Å². The molecule has 1 aliphatic heterocycles. The lowest BCUT2D eigenvalue weighted by Gasteiger charge is -2.26. The van der Waals surface area contributed by atoms with Gasteiger partial charge < -0.3 is 14.8 Å². The standard InChI is InChI=1S/C24H26N2O4S/c1-3-11-26-12-10-19-20(14-26)31-23(22(19)24(28)29-2)25-21(27)15-30-18-9-8-16-6-4-5-7-17(16)13-18/h4-9,13H,3,10-12,14-15H2,1-2H3,(H,25,27). The Bertz CT molecular complexity index is 1110. The number of rotatable bonds is 7. The van der Waals surface area contributed by atoms with Gasteiger partial charge in [0.2, 0.25) is 0 Å². The van der Waals surface area contributed by atoms with Gasteiger partial charge in [0, 0.05) is 18.0 Å². The number of carbonyl (C=O) groups excluding carboxylic acids is 2. The first kappa shape index (κ1) is 21.3. The van der Waals surface area contributed by atoms with Crippen LogP contribution in [0.1, 0.15) is 34.1 Å². The minimum absolute atomic E-state index is 0.135. The Balaban J connectivity index is 1.47. The summed E-state index contributed by atoms with van der Waals surface area (Å²) in [5.41, 5.74) is 1.48. The van der Waals surface area contributed by atoms with Gasteiger partial charge in [-0.05, 0) is 47.9 Å². The maximum absolute atomic E-state index is 12.6. The number of nitrogens with zero attached hydrogens (tertiary/aromatic N) is 1. The second-order valence-electron chi connectivity index (χ2n) is 7.57. The van der Waals surface area contributed by atoms with Crippen LogP contribution in [0.2, 0.25) is 0 Å². The highest BCUT2D eigenvalue weighted by molar-refractivity contribution is 7.17.